The summed E-state index contributed by atoms with van der Waals surface area (Å²) in [5, 5.41) is 8.28. The number of ether oxygens (including phenoxy) is 1. The molecule has 0 N–H and O–H groups in total. The van der Waals surface area contributed by atoms with Gasteiger partial charge in [-0.2, -0.15) is 0 Å². The highest BCUT2D eigenvalue weighted by Gasteiger charge is 2.20. The summed E-state index contributed by atoms with van der Waals surface area (Å²) in [5.74, 6) is 0.592. The van der Waals surface area contributed by atoms with Gasteiger partial charge in [0.1, 0.15) is 0 Å². The van der Waals surface area contributed by atoms with Crippen LogP contribution in [0.4, 0.5) is 0 Å². The molecule has 0 atom stereocenters. The Bertz CT molecular complexity index is 318. The second-order valence-corrected chi connectivity index (χ2v) is 5.20. The first-order chi connectivity index (χ1) is 7.43. The van der Waals surface area contributed by atoms with Crippen molar-refractivity contribution >= 4 is 0 Å². The van der Waals surface area contributed by atoms with Gasteiger partial charge in [0, 0.05) is 25.8 Å². The number of aromatic nitrogens is 3. The van der Waals surface area contributed by atoms with Crippen molar-refractivity contribution in [3.05, 3.63) is 11.9 Å². The molecule has 0 aromatic carbocycles. The first kappa shape index (κ1) is 13.2. The second kappa shape index (κ2) is 5.43. The van der Waals surface area contributed by atoms with Crippen LogP contribution in [0.25, 0.3) is 0 Å². The molecule has 0 aliphatic carbocycles. The monoisotopic (exact) mass is 225 g/mol. The van der Waals surface area contributed by atoms with E-state index in [0.717, 1.165) is 25.3 Å². The average molecular weight is 225 g/mol. The molecular weight excluding hydrogens is 202 g/mol. The Morgan fingerprint density at radius 1 is 1.44 bits per heavy atom. The van der Waals surface area contributed by atoms with E-state index in [1.807, 2.05) is 17.8 Å². The molecule has 0 saturated heterocycles. The van der Waals surface area contributed by atoms with Crippen molar-refractivity contribution < 1.29 is 4.74 Å². The first-order valence-corrected chi connectivity index (χ1v) is 5.96. The maximum atomic E-state index is 5.65. The van der Waals surface area contributed by atoms with Crippen LogP contribution < -0.4 is 0 Å². The highest BCUT2D eigenvalue weighted by atomic mass is 16.5. The van der Waals surface area contributed by atoms with Crippen LogP contribution in [0.15, 0.2) is 6.20 Å². The Morgan fingerprint density at radius 2 is 2.12 bits per heavy atom. The molecule has 0 saturated carbocycles. The van der Waals surface area contributed by atoms with E-state index in [4.69, 9.17) is 4.74 Å². The second-order valence-electron chi connectivity index (χ2n) is 5.20. The molecule has 0 aliphatic heterocycles. The average Bonchev–Trinajstić information content (AvgIpc) is 2.49. The van der Waals surface area contributed by atoms with Gasteiger partial charge in [0.25, 0.3) is 0 Å². The van der Waals surface area contributed by atoms with Crippen molar-refractivity contribution in [3.8, 4) is 0 Å². The quantitative estimate of drug-likeness (QED) is 0.745. The lowest BCUT2D eigenvalue weighted by Crippen LogP contribution is -2.27. The Hall–Kier alpha value is -0.900. The summed E-state index contributed by atoms with van der Waals surface area (Å²) in [7, 11) is 0. The third-order valence-electron chi connectivity index (χ3n) is 2.28. The number of hydrogen-bond donors (Lipinski definition) is 0. The van der Waals surface area contributed by atoms with Crippen molar-refractivity contribution in [1.29, 1.82) is 0 Å². The zero-order chi connectivity index (χ0) is 12.2. The SMILES string of the molecule is CCOC(C)(C)Cc1cn(CC(C)C)nn1. The Morgan fingerprint density at radius 3 is 2.69 bits per heavy atom. The summed E-state index contributed by atoms with van der Waals surface area (Å²) in [4.78, 5) is 0. The third-order valence-corrected chi connectivity index (χ3v) is 2.28. The lowest BCUT2D eigenvalue weighted by atomic mass is 10.0. The molecule has 0 unspecified atom stereocenters. The van der Waals surface area contributed by atoms with Crippen molar-refractivity contribution in [1.82, 2.24) is 15.0 Å². The van der Waals surface area contributed by atoms with E-state index >= 15 is 0 Å². The van der Waals surface area contributed by atoms with Gasteiger partial charge in [0.2, 0.25) is 0 Å². The standard InChI is InChI=1S/C12H23N3O/c1-6-16-12(4,5)7-11-9-15(14-13-11)8-10(2)3/h9-10H,6-8H2,1-5H3. The van der Waals surface area contributed by atoms with Crippen LogP contribution in [0, 0.1) is 5.92 Å². The molecule has 0 amide bonds. The molecule has 0 spiro atoms. The van der Waals surface area contributed by atoms with E-state index in [1.165, 1.54) is 0 Å². The molecule has 1 aromatic heterocycles. The van der Waals surface area contributed by atoms with E-state index < -0.39 is 0 Å². The van der Waals surface area contributed by atoms with Gasteiger partial charge >= 0.3 is 0 Å². The van der Waals surface area contributed by atoms with Gasteiger partial charge < -0.3 is 4.74 Å². The molecule has 4 heteroatoms. The fraction of sp³-hybridized carbons (Fsp3) is 0.833. The van der Waals surface area contributed by atoms with Crippen molar-refractivity contribution in [2.24, 2.45) is 5.92 Å². The number of nitrogens with zero attached hydrogens (tertiary/aromatic N) is 3. The van der Waals surface area contributed by atoms with Gasteiger partial charge in [-0.15, -0.1) is 5.10 Å². The van der Waals surface area contributed by atoms with E-state index in [1.54, 1.807) is 0 Å². The van der Waals surface area contributed by atoms with Crippen LogP contribution >= 0.6 is 0 Å². The van der Waals surface area contributed by atoms with Crippen molar-refractivity contribution in [2.45, 2.75) is 53.2 Å². The fourth-order valence-electron chi connectivity index (χ4n) is 1.76. The molecule has 92 valence electrons. The minimum atomic E-state index is -0.159. The van der Waals surface area contributed by atoms with E-state index in [9.17, 15) is 0 Å². The third kappa shape index (κ3) is 4.31. The van der Waals surface area contributed by atoms with Gasteiger partial charge in [-0.1, -0.05) is 19.1 Å². The summed E-state index contributed by atoms with van der Waals surface area (Å²) >= 11 is 0. The minimum Gasteiger partial charge on any atom is -0.375 e. The molecule has 4 nitrogen and oxygen atoms in total. The molecule has 16 heavy (non-hydrogen) atoms. The predicted molar refractivity (Wildman–Crippen MR) is 64.3 cm³/mol. The summed E-state index contributed by atoms with van der Waals surface area (Å²) < 4.78 is 7.55. The Balaban J connectivity index is 2.57. The van der Waals surface area contributed by atoms with E-state index in [-0.39, 0.29) is 5.60 Å². The number of rotatable bonds is 6. The van der Waals surface area contributed by atoms with Gasteiger partial charge in [-0.05, 0) is 26.7 Å². The van der Waals surface area contributed by atoms with E-state index in [0.29, 0.717) is 5.92 Å². The van der Waals surface area contributed by atoms with Crippen LogP contribution in [0.5, 0.6) is 0 Å². The van der Waals surface area contributed by atoms with E-state index in [2.05, 4.69) is 38.0 Å². The molecule has 0 bridgehead atoms. The largest absolute Gasteiger partial charge is 0.375 e. The van der Waals surface area contributed by atoms with Gasteiger partial charge in [-0.3, -0.25) is 4.68 Å². The number of hydrogen-bond acceptors (Lipinski definition) is 3. The molecule has 0 aliphatic rings. The maximum absolute atomic E-state index is 5.65. The zero-order valence-corrected chi connectivity index (χ0v) is 11.0. The van der Waals surface area contributed by atoms with Crippen LogP contribution in [-0.4, -0.2) is 27.2 Å². The molecule has 1 aromatic rings. The highest BCUT2D eigenvalue weighted by Crippen LogP contribution is 2.15. The minimum absolute atomic E-state index is 0.159. The Labute approximate surface area is 98.0 Å². The lowest BCUT2D eigenvalue weighted by molar-refractivity contribution is -0.0100. The molecular formula is C12H23N3O. The first-order valence-electron chi connectivity index (χ1n) is 5.96. The predicted octanol–water partition coefficient (Wildman–Crippen LogP) is 2.29. The van der Waals surface area contributed by atoms with Crippen molar-refractivity contribution in [3.63, 3.8) is 0 Å². The zero-order valence-electron chi connectivity index (χ0n) is 11.0. The summed E-state index contributed by atoms with van der Waals surface area (Å²) in [5.41, 5.74) is 0.840. The van der Waals surface area contributed by atoms with Crippen LogP contribution in [0.3, 0.4) is 0 Å². The topological polar surface area (TPSA) is 39.9 Å². The summed E-state index contributed by atoms with van der Waals surface area (Å²) in [6.07, 6.45) is 2.82. The fourth-order valence-corrected chi connectivity index (χ4v) is 1.76. The van der Waals surface area contributed by atoms with Crippen LogP contribution in [0.2, 0.25) is 0 Å². The molecule has 1 rings (SSSR count). The Kier molecular flexibility index (Phi) is 4.47. The highest BCUT2D eigenvalue weighted by molar-refractivity contribution is 4.97. The lowest BCUT2D eigenvalue weighted by Gasteiger charge is -2.23. The van der Waals surface area contributed by atoms with Gasteiger partial charge in [0.05, 0.1) is 11.3 Å². The van der Waals surface area contributed by atoms with Crippen LogP contribution in [0.1, 0.15) is 40.3 Å². The molecule has 0 fully saturated rings. The normalized spacial score (nSPS) is 12.4. The molecule has 0 radical (unpaired) electrons. The maximum Gasteiger partial charge on any atom is 0.0855 e. The van der Waals surface area contributed by atoms with Crippen LogP contribution in [-0.2, 0) is 17.7 Å². The van der Waals surface area contributed by atoms with Crippen molar-refractivity contribution in [2.75, 3.05) is 6.61 Å². The smallest absolute Gasteiger partial charge is 0.0855 e. The van der Waals surface area contributed by atoms with Gasteiger partial charge in [-0.25, -0.2) is 0 Å². The van der Waals surface area contributed by atoms with Gasteiger partial charge in [0.15, 0.2) is 0 Å². The molecule has 1 heterocycles. The summed E-state index contributed by atoms with van der Waals surface area (Å²) in [6.45, 7) is 12.2. The summed E-state index contributed by atoms with van der Waals surface area (Å²) in [6, 6.07) is 0.